The van der Waals surface area contributed by atoms with E-state index in [9.17, 15) is 0 Å². The normalized spacial score (nSPS) is 13.8. The molecular weight excluding hydrogens is 197 g/mol. The first-order chi connectivity index (χ1) is 3.72. The van der Waals surface area contributed by atoms with Crippen molar-refractivity contribution >= 4 is 49.7 Å². The molecular formula is CH3BOP2S3. The fourth-order valence-electron chi connectivity index (χ4n) is 0.0908. The third kappa shape index (κ3) is 3.44. The number of hydrogen-bond acceptors (Lipinski definition) is 2. The quantitative estimate of drug-likeness (QED) is 0.432. The molecule has 0 N–H and O–H groups in total. The van der Waals surface area contributed by atoms with Gasteiger partial charge in [0.2, 0.25) is 0 Å². The molecule has 44 valence electrons. The SMILES string of the molecule is B#S(OC)=S(#P)P=S. The molecule has 0 heterocycles. The molecule has 0 unspecified atom stereocenters. The van der Waals surface area contributed by atoms with Gasteiger partial charge in [-0.2, -0.15) is 0 Å². The van der Waals surface area contributed by atoms with Crippen LogP contribution in [0.2, 0.25) is 0 Å². The summed E-state index contributed by atoms with van der Waals surface area (Å²) in [4.78, 5) is 0. The fraction of sp³-hybridized carbons (Fsp3) is 1.00. The summed E-state index contributed by atoms with van der Waals surface area (Å²) in [5, 5.41) is 0. The molecule has 0 saturated heterocycles. The van der Waals surface area contributed by atoms with Crippen LogP contribution < -0.4 is 0 Å². The monoisotopic (exact) mass is 200 g/mol. The fourth-order valence-corrected chi connectivity index (χ4v) is 4.07. The van der Waals surface area contributed by atoms with E-state index in [-0.39, 0.29) is 8.05 Å². The minimum atomic E-state index is -0.546. The van der Waals surface area contributed by atoms with Crippen LogP contribution in [-0.2, 0) is 33.0 Å². The predicted octanol–water partition coefficient (Wildman–Crippen LogP) is 1.43. The molecule has 0 fully saturated rings. The molecule has 0 radical (unpaired) electrons. The van der Waals surface area contributed by atoms with E-state index in [1.54, 1.807) is 7.11 Å². The van der Waals surface area contributed by atoms with Crippen LogP contribution in [0.25, 0.3) is 0 Å². The van der Waals surface area contributed by atoms with Gasteiger partial charge in [-0.3, -0.25) is 0 Å². The van der Waals surface area contributed by atoms with Crippen LogP contribution in [-0.4, -0.2) is 13.6 Å². The van der Waals surface area contributed by atoms with Gasteiger partial charge < -0.3 is 0 Å². The van der Waals surface area contributed by atoms with Gasteiger partial charge in [-0.05, 0) is 0 Å². The van der Waals surface area contributed by atoms with Gasteiger partial charge in [0.15, 0.2) is 0 Å². The van der Waals surface area contributed by atoms with Gasteiger partial charge in [0.25, 0.3) is 0 Å². The maximum atomic E-state index is 5.39. The van der Waals surface area contributed by atoms with Crippen molar-refractivity contribution in [2.75, 3.05) is 7.11 Å². The van der Waals surface area contributed by atoms with Crippen LogP contribution in [0.5, 0.6) is 0 Å². The molecule has 0 saturated carbocycles. The van der Waals surface area contributed by atoms with Crippen molar-refractivity contribution < 1.29 is 4.18 Å². The van der Waals surface area contributed by atoms with Gasteiger partial charge in [0.05, 0.1) is 0 Å². The van der Waals surface area contributed by atoms with Crippen molar-refractivity contribution in [2.24, 2.45) is 0 Å². The summed E-state index contributed by atoms with van der Waals surface area (Å²) in [6, 6.07) is 0. The second-order valence-electron chi connectivity index (χ2n) is 0.732. The molecule has 1 nitrogen and oxygen atoms in total. The Morgan fingerprint density at radius 1 is 1.88 bits per heavy atom. The second kappa shape index (κ2) is 5.22. The van der Waals surface area contributed by atoms with E-state index in [1.807, 2.05) is 0 Å². The van der Waals surface area contributed by atoms with Crippen LogP contribution in [0.15, 0.2) is 0 Å². The van der Waals surface area contributed by atoms with Crippen LogP contribution in [0.1, 0.15) is 0 Å². The van der Waals surface area contributed by atoms with Crippen LogP contribution >= 0.6 is 14.4 Å². The van der Waals surface area contributed by atoms with E-state index in [0.29, 0.717) is 0 Å². The first kappa shape index (κ1) is 9.41. The zero-order valence-corrected chi connectivity index (χ0v) is 8.34. The summed E-state index contributed by atoms with van der Waals surface area (Å²) in [7, 11) is 4.83. The molecule has 0 aliphatic rings. The Hall–Kier alpha value is 1.41. The van der Waals surface area contributed by atoms with Crippen molar-refractivity contribution in [1.82, 2.24) is 0 Å². The van der Waals surface area contributed by atoms with Gasteiger partial charge >= 0.3 is 61.0 Å². The molecule has 0 atom stereocenters. The van der Waals surface area contributed by atoms with Gasteiger partial charge in [0.1, 0.15) is 0 Å². The first-order valence-corrected chi connectivity index (χ1v) is 8.04. The third-order valence-corrected chi connectivity index (χ3v) is 10.0. The zero-order valence-electron chi connectivity index (χ0n) is 4.10. The van der Waals surface area contributed by atoms with Gasteiger partial charge in [0, 0.05) is 0 Å². The molecule has 0 rings (SSSR count). The molecule has 0 aromatic carbocycles. The van der Waals surface area contributed by atoms with Crippen molar-refractivity contribution in [3.8, 4) is 0 Å². The second-order valence-corrected chi connectivity index (χ2v) is 10.5. The van der Waals surface area contributed by atoms with E-state index in [0.717, 1.165) is 6.56 Å². The Bertz CT molecular complexity index is 294. The molecule has 7 heteroatoms. The summed E-state index contributed by atoms with van der Waals surface area (Å²) >= 11 is 4.67. The summed E-state index contributed by atoms with van der Waals surface area (Å²) in [6.07, 6.45) is 0. The third-order valence-electron chi connectivity index (χ3n) is 0.375. The van der Waals surface area contributed by atoms with E-state index < -0.39 is 8.97 Å². The van der Waals surface area contributed by atoms with Crippen LogP contribution in [0.3, 0.4) is 0 Å². The Morgan fingerprint density at radius 2 is 2.38 bits per heavy atom. The Balaban J connectivity index is 4.78. The minimum absolute atomic E-state index is 0.257. The van der Waals surface area contributed by atoms with E-state index in [1.165, 1.54) is 0 Å². The number of hydrogen-bond donors (Lipinski definition) is 0. The van der Waals surface area contributed by atoms with Crippen molar-refractivity contribution in [3.05, 3.63) is 0 Å². The molecule has 0 amide bonds. The van der Waals surface area contributed by atoms with Gasteiger partial charge in [-0.25, -0.2) is 0 Å². The molecule has 0 aliphatic heterocycles. The van der Waals surface area contributed by atoms with Crippen molar-refractivity contribution in [1.29, 1.82) is 0 Å². The van der Waals surface area contributed by atoms with Crippen LogP contribution in [0, 0.1) is 0 Å². The first-order valence-electron chi connectivity index (χ1n) is 1.53. The topological polar surface area (TPSA) is 9.23 Å². The average molecular weight is 200 g/mol. The summed E-state index contributed by atoms with van der Waals surface area (Å²) in [5.74, 6) is 0. The molecule has 0 aromatic heterocycles. The molecule has 8 heavy (non-hydrogen) atoms. The van der Waals surface area contributed by atoms with Crippen LogP contribution in [0.4, 0.5) is 0 Å². The predicted molar refractivity (Wildman–Crippen MR) is 48.7 cm³/mol. The standard InChI is InChI=1S/CH3BOP2S3/c1-3-7(2)8(4)5-6/h1H3. The summed E-state index contributed by atoms with van der Waals surface area (Å²) < 4.78 is 4.77. The molecule has 0 aliphatic carbocycles. The zero-order chi connectivity index (χ0) is 6.57. The van der Waals surface area contributed by atoms with Crippen molar-refractivity contribution in [3.63, 3.8) is 0 Å². The van der Waals surface area contributed by atoms with E-state index in [4.69, 9.17) is 10.7 Å². The van der Waals surface area contributed by atoms with E-state index >= 15 is 0 Å². The molecule has 0 bridgehead atoms. The summed E-state index contributed by atoms with van der Waals surface area (Å²) in [5.41, 5.74) is 0. The Kier molecular flexibility index (Phi) is 6.14. The molecule has 0 aromatic rings. The van der Waals surface area contributed by atoms with Gasteiger partial charge in [-0.1, -0.05) is 0 Å². The Labute approximate surface area is 61.0 Å². The average Bonchev–Trinajstić information content (AvgIpc) is 1.84. The number of rotatable bonds is 0. The Morgan fingerprint density at radius 3 is 2.50 bits per heavy atom. The maximum absolute atomic E-state index is 5.39. The summed E-state index contributed by atoms with van der Waals surface area (Å²) in [6.45, 7) is 6.17. The van der Waals surface area contributed by atoms with Crippen molar-refractivity contribution in [2.45, 2.75) is 0 Å². The van der Waals surface area contributed by atoms with Gasteiger partial charge in [-0.15, -0.1) is 0 Å². The van der Waals surface area contributed by atoms with E-state index in [2.05, 4.69) is 19.6 Å². The molecule has 0 spiro atoms.